The number of aliphatic imine (C=N–C) groups is 1. The van der Waals surface area contributed by atoms with Crippen LogP contribution in [-0.2, 0) is 22.4 Å². The van der Waals surface area contributed by atoms with Crippen molar-refractivity contribution in [1.29, 1.82) is 0 Å². The predicted octanol–water partition coefficient (Wildman–Crippen LogP) is 4.02. The van der Waals surface area contributed by atoms with Crippen molar-refractivity contribution in [3.05, 3.63) is 131 Å². The molecule has 12 heteroatoms. The van der Waals surface area contributed by atoms with Gasteiger partial charge in [-0.15, -0.1) is 0 Å². The summed E-state index contributed by atoms with van der Waals surface area (Å²) in [6, 6.07) is 21.1. The third-order valence-electron chi connectivity index (χ3n) is 6.63. The number of hydrogen-bond donors (Lipinski definition) is 2. The van der Waals surface area contributed by atoms with Gasteiger partial charge >= 0.3 is 0 Å². The number of imide groups is 1. The normalized spacial score (nSPS) is 17.4. The molecular formula is C32H25N5O5S2. The highest BCUT2D eigenvalue weighted by molar-refractivity contribution is 8.15. The maximum absolute atomic E-state index is 12.4. The number of nitrogens with zero attached hydrogens (tertiary/aromatic N) is 3. The summed E-state index contributed by atoms with van der Waals surface area (Å²) in [6.07, 6.45) is 7.24. The number of ketones is 2. The zero-order valence-electron chi connectivity index (χ0n) is 23.1. The molecule has 2 atom stereocenters. The molecule has 0 radical (unpaired) electrons. The number of carbonyl (C=O) groups excluding carboxylic acids is 5. The predicted molar refractivity (Wildman–Crippen MR) is 169 cm³/mol. The molecule has 2 aliphatic heterocycles. The molecule has 0 aliphatic carbocycles. The van der Waals surface area contributed by atoms with Crippen molar-refractivity contribution in [2.24, 2.45) is 10.7 Å². The molecule has 4 aromatic rings. The van der Waals surface area contributed by atoms with Gasteiger partial charge in [-0.2, -0.15) is 4.99 Å². The van der Waals surface area contributed by atoms with Gasteiger partial charge in [0.25, 0.3) is 11.1 Å². The monoisotopic (exact) mass is 623 g/mol. The number of thioether (sulfide) groups is 2. The van der Waals surface area contributed by atoms with Gasteiger partial charge in [0.2, 0.25) is 5.91 Å². The van der Waals surface area contributed by atoms with Crippen LogP contribution in [0.3, 0.4) is 0 Å². The highest BCUT2D eigenvalue weighted by Gasteiger charge is 2.31. The average Bonchev–Trinajstić information content (AvgIpc) is 3.54. The van der Waals surface area contributed by atoms with Crippen LogP contribution in [0, 0.1) is 0 Å². The lowest BCUT2D eigenvalue weighted by molar-refractivity contribution is -0.119. The van der Waals surface area contributed by atoms with Crippen LogP contribution in [0.15, 0.2) is 103 Å². The Morgan fingerprint density at radius 1 is 0.682 bits per heavy atom. The van der Waals surface area contributed by atoms with Crippen LogP contribution in [0.4, 0.5) is 4.79 Å². The quantitative estimate of drug-likeness (QED) is 0.274. The van der Waals surface area contributed by atoms with Gasteiger partial charge in [0.15, 0.2) is 16.7 Å². The van der Waals surface area contributed by atoms with E-state index in [-0.39, 0.29) is 33.9 Å². The molecular weight excluding hydrogens is 599 g/mol. The highest BCUT2D eigenvalue weighted by Crippen LogP contribution is 2.25. The van der Waals surface area contributed by atoms with Crippen molar-refractivity contribution < 1.29 is 24.0 Å². The van der Waals surface area contributed by atoms with Crippen LogP contribution in [0.25, 0.3) is 0 Å². The van der Waals surface area contributed by atoms with E-state index in [4.69, 9.17) is 5.73 Å². The second-order valence-corrected chi connectivity index (χ2v) is 12.1. The number of carbonyl (C=O) groups is 5. The van der Waals surface area contributed by atoms with Crippen molar-refractivity contribution in [1.82, 2.24) is 15.3 Å². The minimum absolute atomic E-state index is 0.0644. The zero-order chi connectivity index (χ0) is 31.1. The number of amides is 3. The van der Waals surface area contributed by atoms with E-state index in [1.807, 2.05) is 24.3 Å². The van der Waals surface area contributed by atoms with Gasteiger partial charge in [-0.1, -0.05) is 59.9 Å². The molecule has 2 aromatic carbocycles. The minimum Gasteiger partial charge on any atom is -0.378 e. The topological polar surface area (TPSA) is 162 Å². The van der Waals surface area contributed by atoms with E-state index in [1.54, 1.807) is 73.3 Å². The Morgan fingerprint density at radius 3 is 1.61 bits per heavy atom. The molecule has 6 rings (SSSR count). The molecule has 4 heterocycles. The molecule has 3 N–H and O–H groups in total. The van der Waals surface area contributed by atoms with Gasteiger partial charge in [0.05, 0.1) is 10.5 Å². The Morgan fingerprint density at radius 2 is 1.18 bits per heavy atom. The van der Waals surface area contributed by atoms with Crippen molar-refractivity contribution >= 4 is 57.3 Å². The molecule has 0 spiro atoms. The van der Waals surface area contributed by atoms with Gasteiger partial charge < -0.3 is 5.73 Å². The lowest BCUT2D eigenvalue weighted by Crippen LogP contribution is -2.25. The summed E-state index contributed by atoms with van der Waals surface area (Å²) >= 11 is 2.25. The van der Waals surface area contributed by atoms with Crippen molar-refractivity contribution in [2.75, 3.05) is 0 Å². The number of benzene rings is 2. The lowest BCUT2D eigenvalue weighted by atomic mass is 10.00. The fraction of sp³-hybridized carbons (Fsp3) is 0.125. The number of amidine groups is 1. The van der Waals surface area contributed by atoms with Crippen LogP contribution in [-0.4, -0.2) is 54.3 Å². The van der Waals surface area contributed by atoms with E-state index in [1.165, 1.54) is 11.8 Å². The van der Waals surface area contributed by atoms with Gasteiger partial charge in [-0.05, 0) is 60.4 Å². The summed E-state index contributed by atoms with van der Waals surface area (Å²) in [4.78, 5) is 70.8. The number of nitrogens with one attached hydrogen (secondary N) is 1. The highest BCUT2D eigenvalue weighted by atomic mass is 32.2. The fourth-order valence-corrected chi connectivity index (χ4v) is 6.23. The summed E-state index contributed by atoms with van der Waals surface area (Å²) in [5, 5.41) is 1.51. The Balaban J connectivity index is 0.000000175. The Bertz CT molecular complexity index is 1770. The van der Waals surface area contributed by atoms with Crippen LogP contribution >= 0.6 is 23.5 Å². The second-order valence-electron chi connectivity index (χ2n) is 9.72. The van der Waals surface area contributed by atoms with E-state index in [0.717, 1.165) is 22.9 Å². The number of aromatic nitrogens is 2. The van der Waals surface area contributed by atoms with Crippen LogP contribution in [0.5, 0.6) is 0 Å². The first kappa shape index (κ1) is 30.5. The molecule has 2 aliphatic rings. The molecule has 1 fully saturated rings. The molecule has 2 unspecified atom stereocenters. The largest absolute Gasteiger partial charge is 0.378 e. The smallest absolute Gasteiger partial charge is 0.286 e. The van der Waals surface area contributed by atoms with Gasteiger partial charge in [0.1, 0.15) is 0 Å². The van der Waals surface area contributed by atoms with E-state index in [0.29, 0.717) is 40.3 Å². The number of nitrogens with two attached hydrogens (primary N) is 1. The zero-order valence-corrected chi connectivity index (χ0v) is 24.7. The third-order valence-corrected chi connectivity index (χ3v) is 8.60. The lowest BCUT2D eigenvalue weighted by Gasteiger charge is -2.08. The number of rotatable bonds is 8. The van der Waals surface area contributed by atoms with Gasteiger partial charge in [-0.3, -0.25) is 39.3 Å². The molecule has 220 valence electrons. The second kappa shape index (κ2) is 14.0. The van der Waals surface area contributed by atoms with Gasteiger partial charge in [0, 0.05) is 47.0 Å². The molecule has 44 heavy (non-hydrogen) atoms. The third kappa shape index (κ3) is 7.71. The standard InChI is InChI=1S/C16H13N3O2S.C16H12N2O3S/c17-16-19-15(21)13(22-16)9-10-2-1-3-12(8-10)14(20)11-4-6-18-7-5-11;19-14(11-4-6-17-7-5-11)12-3-1-2-10(8-12)9-13-15(20)18-16(21)22-13/h1-8,13H,9H2,(H2,17,19,21);1-8,13H,9H2,(H,18,20,21). The van der Waals surface area contributed by atoms with E-state index in [2.05, 4.69) is 20.3 Å². The molecule has 2 aromatic heterocycles. The van der Waals surface area contributed by atoms with Crippen molar-refractivity contribution in [3.8, 4) is 0 Å². The minimum atomic E-state index is -0.432. The summed E-state index contributed by atoms with van der Waals surface area (Å²) in [5.41, 5.74) is 9.62. The maximum Gasteiger partial charge on any atom is 0.286 e. The van der Waals surface area contributed by atoms with Crippen LogP contribution in [0.1, 0.15) is 43.0 Å². The van der Waals surface area contributed by atoms with Crippen molar-refractivity contribution in [3.63, 3.8) is 0 Å². The Hall–Kier alpha value is -4.94. The number of hydrogen-bond acceptors (Lipinski definition) is 10. The first-order chi connectivity index (χ1) is 21.3. The maximum atomic E-state index is 12.4. The molecule has 0 bridgehead atoms. The molecule has 3 amide bonds. The Labute approximate surface area is 261 Å². The Kier molecular flexibility index (Phi) is 9.72. The fourth-order valence-electron chi connectivity index (χ4n) is 4.51. The molecule has 0 saturated carbocycles. The summed E-state index contributed by atoms with van der Waals surface area (Å²) < 4.78 is 0. The van der Waals surface area contributed by atoms with Crippen molar-refractivity contribution in [2.45, 2.75) is 23.3 Å². The SMILES string of the molecule is NC1=NC(=O)C(Cc2cccc(C(=O)c3ccncc3)c2)S1.O=C1NC(=O)C(Cc2cccc(C(=O)c3ccncc3)c2)S1. The molecule has 1 saturated heterocycles. The number of pyridine rings is 2. The first-order valence-corrected chi connectivity index (χ1v) is 15.2. The van der Waals surface area contributed by atoms with E-state index in [9.17, 15) is 24.0 Å². The van der Waals surface area contributed by atoms with E-state index >= 15 is 0 Å². The summed E-state index contributed by atoms with van der Waals surface area (Å²) in [6.45, 7) is 0. The van der Waals surface area contributed by atoms with Gasteiger partial charge in [-0.25, -0.2) is 0 Å². The average molecular weight is 624 g/mol. The van der Waals surface area contributed by atoms with E-state index < -0.39 is 5.25 Å². The molecule has 10 nitrogen and oxygen atoms in total. The summed E-state index contributed by atoms with van der Waals surface area (Å²) in [5.74, 6) is -0.650. The first-order valence-electron chi connectivity index (χ1n) is 13.4. The summed E-state index contributed by atoms with van der Waals surface area (Å²) in [7, 11) is 0. The van der Waals surface area contributed by atoms with Crippen LogP contribution in [0.2, 0.25) is 0 Å². The van der Waals surface area contributed by atoms with Crippen LogP contribution < -0.4 is 11.1 Å².